The second-order valence-electron chi connectivity index (χ2n) is 5.03. The van der Waals surface area contributed by atoms with Gasteiger partial charge in [-0.25, -0.2) is 8.42 Å². The molecule has 2 unspecified atom stereocenters. The minimum Gasteiger partial charge on any atom is -0.300 e. The number of fused-ring (bicyclic) bond motifs is 1. The Morgan fingerprint density at radius 3 is 2.69 bits per heavy atom. The number of nitrogens with zero attached hydrogens (tertiary/aromatic N) is 1. The molecule has 0 aromatic heterocycles. The molecule has 0 aromatic carbocycles. The predicted molar refractivity (Wildman–Crippen MR) is 66.2 cm³/mol. The van der Waals surface area contributed by atoms with Crippen LogP contribution in [-0.2, 0) is 9.05 Å². The molecule has 0 radical (unpaired) electrons. The molecule has 94 valence electrons. The number of hydrogen-bond donors (Lipinski definition) is 0. The maximum absolute atomic E-state index is 10.8. The first-order chi connectivity index (χ1) is 7.56. The quantitative estimate of drug-likeness (QED) is 0.732. The van der Waals surface area contributed by atoms with Gasteiger partial charge in [-0.2, -0.15) is 0 Å². The molecule has 5 heteroatoms. The molecule has 0 spiro atoms. The molecule has 1 aliphatic carbocycles. The fourth-order valence-electron chi connectivity index (χ4n) is 3.27. The fourth-order valence-corrected chi connectivity index (χ4v) is 4.08. The van der Waals surface area contributed by atoms with E-state index in [9.17, 15) is 8.42 Å². The van der Waals surface area contributed by atoms with Crippen LogP contribution in [0.5, 0.6) is 0 Å². The zero-order valence-corrected chi connectivity index (χ0v) is 11.1. The summed E-state index contributed by atoms with van der Waals surface area (Å²) in [5, 5.41) is 0. The molecule has 0 amide bonds. The third kappa shape index (κ3) is 3.34. The van der Waals surface area contributed by atoms with Gasteiger partial charge in [0.25, 0.3) is 0 Å². The van der Waals surface area contributed by atoms with Gasteiger partial charge in [0.05, 0.1) is 5.75 Å². The predicted octanol–water partition coefficient (Wildman–Crippen LogP) is 2.21. The molecule has 16 heavy (non-hydrogen) atoms. The van der Waals surface area contributed by atoms with Crippen molar-refractivity contribution in [2.75, 3.05) is 18.8 Å². The zero-order chi connectivity index (χ0) is 11.6. The summed E-state index contributed by atoms with van der Waals surface area (Å²) in [6.07, 6.45) is 7.34. The van der Waals surface area contributed by atoms with Crippen molar-refractivity contribution in [2.45, 2.75) is 44.6 Å². The lowest BCUT2D eigenvalue weighted by Gasteiger charge is -2.37. The van der Waals surface area contributed by atoms with Gasteiger partial charge in [0.2, 0.25) is 9.05 Å². The molecule has 2 atom stereocenters. The van der Waals surface area contributed by atoms with Gasteiger partial charge in [-0.3, -0.25) is 0 Å². The number of halogens is 1. The first kappa shape index (κ1) is 12.7. The van der Waals surface area contributed by atoms with Crippen molar-refractivity contribution in [3.05, 3.63) is 0 Å². The van der Waals surface area contributed by atoms with Crippen molar-refractivity contribution in [1.82, 2.24) is 4.90 Å². The molecule has 1 heterocycles. The Hall–Kier alpha value is 0.200. The van der Waals surface area contributed by atoms with Crippen LogP contribution in [0.2, 0.25) is 0 Å². The Morgan fingerprint density at radius 1 is 1.19 bits per heavy atom. The van der Waals surface area contributed by atoms with Gasteiger partial charge in [-0.1, -0.05) is 6.42 Å². The molecular formula is C11H20ClNO2S. The average Bonchev–Trinajstić information content (AvgIpc) is 2.64. The first-order valence-electron chi connectivity index (χ1n) is 6.23. The third-order valence-electron chi connectivity index (χ3n) is 3.94. The van der Waals surface area contributed by atoms with E-state index in [-0.39, 0.29) is 5.75 Å². The number of hydrogen-bond acceptors (Lipinski definition) is 3. The topological polar surface area (TPSA) is 37.4 Å². The van der Waals surface area contributed by atoms with Crippen LogP contribution in [-0.4, -0.2) is 38.2 Å². The molecule has 0 bridgehead atoms. The van der Waals surface area contributed by atoms with Gasteiger partial charge in [-0.15, -0.1) is 0 Å². The Labute approximate surface area is 103 Å². The molecule has 0 N–H and O–H groups in total. The summed E-state index contributed by atoms with van der Waals surface area (Å²) in [5.74, 6) is 0.990. The summed E-state index contributed by atoms with van der Waals surface area (Å²) in [5.41, 5.74) is 0. The Morgan fingerprint density at radius 2 is 1.94 bits per heavy atom. The highest BCUT2D eigenvalue weighted by atomic mass is 35.7. The van der Waals surface area contributed by atoms with Crippen LogP contribution >= 0.6 is 10.7 Å². The highest BCUT2D eigenvalue weighted by Gasteiger charge is 2.34. The second kappa shape index (κ2) is 5.23. The standard InChI is InChI=1S/C11H20ClNO2S/c12-16(14,15)9-3-8-13-7-2-5-10-4-1-6-11(10)13/h10-11H,1-9H2. The van der Waals surface area contributed by atoms with Crippen LogP contribution in [0.3, 0.4) is 0 Å². The Kier molecular flexibility index (Phi) is 4.14. The van der Waals surface area contributed by atoms with Crippen molar-refractivity contribution >= 4 is 19.7 Å². The van der Waals surface area contributed by atoms with E-state index in [1.807, 2.05) is 0 Å². The van der Waals surface area contributed by atoms with Crippen molar-refractivity contribution in [1.29, 1.82) is 0 Å². The first-order valence-corrected chi connectivity index (χ1v) is 8.70. The van der Waals surface area contributed by atoms with Crippen molar-refractivity contribution < 1.29 is 8.42 Å². The van der Waals surface area contributed by atoms with Gasteiger partial charge in [0.1, 0.15) is 0 Å². The van der Waals surface area contributed by atoms with Gasteiger partial charge >= 0.3 is 0 Å². The van der Waals surface area contributed by atoms with E-state index in [0.29, 0.717) is 6.42 Å². The average molecular weight is 266 g/mol. The molecular weight excluding hydrogens is 246 g/mol. The normalized spacial score (nSPS) is 31.6. The lowest BCUT2D eigenvalue weighted by atomic mass is 9.92. The molecule has 1 aliphatic heterocycles. The van der Waals surface area contributed by atoms with Crippen LogP contribution in [0.25, 0.3) is 0 Å². The van der Waals surface area contributed by atoms with Gasteiger partial charge in [-0.05, 0) is 51.1 Å². The third-order valence-corrected chi connectivity index (χ3v) is 5.18. The Balaban J connectivity index is 1.80. The van der Waals surface area contributed by atoms with Crippen LogP contribution in [0.4, 0.5) is 0 Å². The van der Waals surface area contributed by atoms with E-state index >= 15 is 0 Å². The van der Waals surface area contributed by atoms with Crippen molar-refractivity contribution in [2.24, 2.45) is 5.92 Å². The molecule has 2 fully saturated rings. The number of likely N-dealkylation sites (tertiary alicyclic amines) is 1. The van der Waals surface area contributed by atoms with Crippen LogP contribution in [0, 0.1) is 5.92 Å². The molecule has 0 aromatic rings. The highest BCUT2D eigenvalue weighted by molar-refractivity contribution is 8.13. The lowest BCUT2D eigenvalue weighted by Crippen LogP contribution is -2.43. The molecule has 1 saturated heterocycles. The summed E-state index contributed by atoms with van der Waals surface area (Å²) >= 11 is 0. The van der Waals surface area contributed by atoms with E-state index in [1.54, 1.807) is 0 Å². The van der Waals surface area contributed by atoms with Gasteiger partial charge < -0.3 is 4.90 Å². The van der Waals surface area contributed by atoms with Crippen molar-refractivity contribution in [3.8, 4) is 0 Å². The summed E-state index contributed by atoms with van der Waals surface area (Å²) < 4.78 is 21.7. The van der Waals surface area contributed by atoms with Crippen LogP contribution < -0.4 is 0 Å². The monoisotopic (exact) mass is 265 g/mol. The zero-order valence-electron chi connectivity index (χ0n) is 9.57. The molecule has 1 saturated carbocycles. The minimum absolute atomic E-state index is 0.114. The van der Waals surface area contributed by atoms with E-state index in [4.69, 9.17) is 10.7 Å². The SMILES string of the molecule is O=S(=O)(Cl)CCCN1CCCC2CCCC21. The number of rotatable bonds is 4. The maximum Gasteiger partial charge on any atom is 0.232 e. The summed E-state index contributed by atoms with van der Waals surface area (Å²) in [6, 6.07) is 0.728. The summed E-state index contributed by atoms with van der Waals surface area (Å²) in [4.78, 5) is 2.49. The number of piperidine rings is 1. The summed E-state index contributed by atoms with van der Waals surface area (Å²) in [6.45, 7) is 2.04. The van der Waals surface area contributed by atoms with Gasteiger partial charge in [0.15, 0.2) is 0 Å². The molecule has 2 aliphatic rings. The van der Waals surface area contributed by atoms with Crippen LogP contribution in [0.1, 0.15) is 38.5 Å². The van der Waals surface area contributed by atoms with Crippen LogP contribution in [0.15, 0.2) is 0 Å². The maximum atomic E-state index is 10.8. The lowest BCUT2D eigenvalue weighted by molar-refractivity contribution is 0.114. The van der Waals surface area contributed by atoms with Gasteiger partial charge in [0, 0.05) is 16.7 Å². The van der Waals surface area contributed by atoms with E-state index in [2.05, 4.69) is 4.90 Å². The molecule has 2 rings (SSSR count). The van der Waals surface area contributed by atoms with E-state index in [1.165, 1.54) is 32.1 Å². The smallest absolute Gasteiger partial charge is 0.232 e. The van der Waals surface area contributed by atoms with E-state index in [0.717, 1.165) is 25.0 Å². The second-order valence-corrected chi connectivity index (χ2v) is 7.93. The molecule has 3 nitrogen and oxygen atoms in total. The largest absolute Gasteiger partial charge is 0.300 e. The fraction of sp³-hybridized carbons (Fsp3) is 1.00. The minimum atomic E-state index is -3.30. The van der Waals surface area contributed by atoms with Crippen molar-refractivity contribution in [3.63, 3.8) is 0 Å². The summed E-state index contributed by atoms with van der Waals surface area (Å²) in [7, 11) is 1.91. The highest BCUT2D eigenvalue weighted by Crippen LogP contribution is 2.36. The Bertz CT molecular complexity index is 331. The van der Waals surface area contributed by atoms with E-state index < -0.39 is 9.05 Å².